The Labute approximate surface area is 159 Å². The lowest BCUT2D eigenvalue weighted by Crippen LogP contribution is -2.52. The molecule has 3 rings (SSSR count). The van der Waals surface area contributed by atoms with Crippen LogP contribution in [0.5, 0.6) is 5.75 Å². The van der Waals surface area contributed by atoms with E-state index >= 15 is 0 Å². The van der Waals surface area contributed by atoms with Crippen molar-refractivity contribution in [1.82, 2.24) is 15.1 Å². The van der Waals surface area contributed by atoms with Crippen molar-refractivity contribution in [1.29, 1.82) is 0 Å². The number of halogens is 1. The summed E-state index contributed by atoms with van der Waals surface area (Å²) < 4.78 is 18.7. The van der Waals surface area contributed by atoms with Crippen LogP contribution in [0.4, 0.5) is 4.39 Å². The fourth-order valence-electron chi connectivity index (χ4n) is 2.88. The number of rotatable bonds is 6. The first kappa shape index (κ1) is 18.6. The van der Waals surface area contributed by atoms with Gasteiger partial charge in [-0.2, -0.15) is 0 Å². The van der Waals surface area contributed by atoms with E-state index < -0.39 is 0 Å². The fourth-order valence-corrected chi connectivity index (χ4v) is 3.13. The highest BCUT2D eigenvalue weighted by Gasteiger charge is 2.18. The van der Waals surface area contributed by atoms with Gasteiger partial charge in [-0.25, -0.2) is 4.39 Å². The molecule has 1 fully saturated rings. The summed E-state index contributed by atoms with van der Waals surface area (Å²) in [7, 11) is 0. The van der Waals surface area contributed by atoms with Crippen LogP contribution in [0.1, 0.15) is 5.56 Å². The van der Waals surface area contributed by atoms with Crippen molar-refractivity contribution in [3.63, 3.8) is 0 Å². The summed E-state index contributed by atoms with van der Waals surface area (Å²) in [6, 6.07) is 16.4. The number of hydrogen-bond donors (Lipinski definition) is 1. The molecule has 0 aromatic heterocycles. The molecule has 0 bridgehead atoms. The third-order valence-electron chi connectivity index (χ3n) is 4.44. The molecule has 2 aromatic carbocycles. The number of nitrogens with one attached hydrogen (secondary N) is 1. The average Bonchev–Trinajstić information content (AvgIpc) is 2.69. The Hall–Kier alpha value is -2.18. The highest BCUT2D eigenvalue weighted by molar-refractivity contribution is 7.80. The van der Waals surface area contributed by atoms with Crippen molar-refractivity contribution in [2.75, 3.05) is 39.3 Å². The highest BCUT2D eigenvalue weighted by Crippen LogP contribution is 2.09. The summed E-state index contributed by atoms with van der Waals surface area (Å²) in [6.45, 7) is 5.97. The second-order valence-electron chi connectivity index (χ2n) is 6.28. The van der Waals surface area contributed by atoms with Gasteiger partial charge >= 0.3 is 0 Å². The quantitative estimate of drug-likeness (QED) is 0.786. The molecule has 6 heteroatoms. The van der Waals surface area contributed by atoms with Crippen molar-refractivity contribution in [2.24, 2.45) is 0 Å². The molecule has 1 aliphatic heterocycles. The summed E-state index contributed by atoms with van der Waals surface area (Å²) >= 11 is 5.49. The first-order valence-electron chi connectivity index (χ1n) is 8.88. The zero-order valence-corrected chi connectivity index (χ0v) is 15.6. The van der Waals surface area contributed by atoms with Crippen LogP contribution in [0.2, 0.25) is 0 Å². The highest BCUT2D eigenvalue weighted by atomic mass is 32.1. The molecule has 0 atom stereocenters. The molecule has 0 unspecified atom stereocenters. The van der Waals surface area contributed by atoms with Crippen molar-refractivity contribution in [2.45, 2.75) is 6.54 Å². The van der Waals surface area contributed by atoms with Gasteiger partial charge in [-0.15, -0.1) is 0 Å². The molecule has 0 aliphatic carbocycles. The van der Waals surface area contributed by atoms with E-state index in [0.717, 1.165) is 49.1 Å². The maximum atomic E-state index is 12.9. The van der Waals surface area contributed by atoms with Crippen LogP contribution in [0.15, 0.2) is 54.6 Å². The largest absolute Gasteiger partial charge is 0.492 e. The van der Waals surface area contributed by atoms with Crippen LogP contribution in [0, 0.1) is 5.82 Å². The van der Waals surface area contributed by atoms with Gasteiger partial charge in [0, 0.05) is 39.3 Å². The second-order valence-corrected chi connectivity index (χ2v) is 6.66. The predicted octanol–water partition coefficient (Wildman–Crippen LogP) is 2.90. The Morgan fingerprint density at radius 3 is 2.38 bits per heavy atom. The summed E-state index contributed by atoms with van der Waals surface area (Å²) in [5, 5.41) is 4.02. The minimum atomic E-state index is -0.219. The van der Waals surface area contributed by atoms with Gasteiger partial charge < -0.3 is 15.0 Å². The Morgan fingerprint density at radius 2 is 1.69 bits per heavy atom. The third-order valence-corrected chi connectivity index (χ3v) is 4.84. The Bertz CT molecular complexity index is 688. The van der Waals surface area contributed by atoms with E-state index in [2.05, 4.69) is 15.1 Å². The Morgan fingerprint density at radius 1 is 1.00 bits per heavy atom. The van der Waals surface area contributed by atoms with Crippen molar-refractivity contribution in [3.05, 3.63) is 66.0 Å². The first-order valence-corrected chi connectivity index (χ1v) is 9.29. The van der Waals surface area contributed by atoms with Crippen LogP contribution < -0.4 is 10.1 Å². The SMILES string of the molecule is Fc1ccc(CNC(=S)N2CCN(CCOc3ccccc3)CC2)cc1. The molecular formula is C20H24FN3OS. The molecule has 1 saturated heterocycles. The second kappa shape index (κ2) is 9.50. The van der Waals surface area contributed by atoms with Gasteiger partial charge in [-0.3, -0.25) is 4.90 Å². The normalized spacial score (nSPS) is 14.9. The molecular weight excluding hydrogens is 349 g/mol. The standard InChI is InChI=1S/C20H24FN3OS/c21-18-8-6-17(7-9-18)16-22-20(26)24-12-10-23(11-13-24)14-15-25-19-4-2-1-3-5-19/h1-9H,10-16H2,(H,22,26). The summed E-state index contributed by atoms with van der Waals surface area (Å²) in [6.07, 6.45) is 0. The van der Waals surface area contributed by atoms with Gasteiger partial charge in [0.1, 0.15) is 18.2 Å². The predicted molar refractivity (Wildman–Crippen MR) is 106 cm³/mol. The fraction of sp³-hybridized carbons (Fsp3) is 0.350. The van der Waals surface area contributed by atoms with E-state index in [0.29, 0.717) is 13.2 Å². The molecule has 0 radical (unpaired) electrons. The van der Waals surface area contributed by atoms with E-state index in [4.69, 9.17) is 17.0 Å². The third kappa shape index (κ3) is 5.68. The molecule has 0 saturated carbocycles. The van der Waals surface area contributed by atoms with Crippen LogP contribution >= 0.6 is 12.2 Å². The van der Waals surface area contributed by atoms with E-state index in [1.54, 1.807) is 12.1 Å². The Balaban J connectivity index is 1.33. The van der Waals surface area contributed by atoms with Crippen LogP contribution in [-0.2, 0) is 6.54 Å². The van der Waals surface area contributed by atoms with Gasteiger partial charge in [0.25, 0.3) is 0 Å². The first-order chi connectivity index (χ1) is 12.7. The van der Waals surface area contributed by atoms with E-state index in [-0.39, 0.29) is 5.82 Å². The number of ether oxygens (including phenoxy) is 1. The van der Waals surface area contributed by atoms with Gasteiger partial charge in [-0.1, -0.05) is 30.3 Å². The molecule has 1 N–H and O–H groups in total. The summed E-state index contributed by atoms with van der Waals surface area (Å²) in [4.78, 5) is 4.58. The molecule has 0 amide bonds. The number of hydrogen-bond acceptors (Lipinski definition) is 3. The summed E-state index contributed by atoms with van der Waals surface area (Å²) in [5.74, 6) is 0.695. The Kier molecular flexibility index (Phi) is 6.80. The lowest BCUT2D eigenvalue weighted by Gasteiger charge is -2.36. The van der Waals surface area contributed by atoms with E-state index in [1.165, 1.54) is 12.1 Å². The van der Waals surface area contributed by atoms with Crippen molar-refractivity contribution >= 4 is 17.3 Å². The molecule has 2 aromatic rings. The van der Waals surface area contributed by atoms with Crippen LogP contribution in [-0.4, -0.2) is 54.2 Å². The van der Waals surface area contributed by atoms with Gasteiger partial charge in [0.15, 0.2) is 5.11 Å². The van der Waals surface area contributed by atoms with Crippen LogP contribution in [0.3, 0.4) is 0 Å². The maximum Gasteiger partial charge on any atom is 0.169 e. The molecule has 138 valence electrons. The number of benzene rings is 2. The number of piperazine rings is 1. The van der Waals surface area contributed by atoms with E-state index in [9.17, 15) is 4.39 Å². The number of nitrogens with zero attached hydrogens (tertiary/aromatic N) is 2. The van der Waals surface area contributed by atoms with Gasteiger partial charge in [-0.05, 0) is 42.0 Å². The lowest BCUT2D eigenvalue weighted by molar-refractivity contribution is 0.153. The topological polar surface area (TPSA) is 27.7 Å². The molecule has 26 heavy (non-hydrogen) atoms. The zero-order valence-electron chi connectivity index (χ0n) is 14.7. The minimum Gasteiger partial charge on any atom is -0.492 e. The van der Waals surface area contributed by atoms with Crippen LogP contribution in [0.25, 0.3) is 0 Å². The van der Waals surface area contributed by atoms with E-state index in [1.807, 2.05) is 30.3 Å². The molecule has 4 nitrogen and oxygen atoms in total. The number of thiocarbonyl (C=S) groups is 1. The molecule has 1 aliphatic rings. The van der Waals surface area contributed by atoms with Gasteiger partial charge in [0.05, 0.1) is 0 Å². The van der Waals surface area contributed by atoms with Crippen molar-refractivity contribution in [3.8, 4) is 5.75 Å². The molecule has 1 heterocycles. The minimum absolute atomic E-state index is 0.219. The smallest absolute Gasteiger partial charge is 0.169 e. The monoisotopic (exact) mass is 373 g/mol. The average molecular weight is 373 g/mol. The lowest BCUT2D eigenvalue weighted by atomic mass is 10.2. The number of para-hydroxylation sites is 1. The zero-order chi connectivity index (χ0) is 18.2. The maximum absolute atomic E-state index is 12.9. The summed E-state index contributed by atoms with van der Waals surface area (Å²) in [5.41, 5.74) is 1.02. The van der Waals surface area contributed by atoms with Crippen molar-refractivity contribution < 1.29 is 9.13 Å². The van der Waals surface area contributed by atoms with Gasteiger partial charge in [0.2, 0.25) is 0 Å². The molecule has 0 spiro atoms.